The quantitative estimate of drug-likeness (QED) is 0.0751. The fraction of sp³-hybridized carbons (Fsp3) is 0.821. The van der Waals surface area contributed by atoms with E-state index in [0.717, 1.165) is 0 Å². The molecule has 13 unspecified atom stereocenters. The maximum absolute atomic E-state index is 15.3. The molecule has 0 aromatic carbocycles. The van der Waals surface area contributed by atoms with Gasteiger partial charge in [-0.2, -0.15) is 0 Å². The van der Waals surface area contributed by atoms with Gasteiger partial charge in [0.15, 0.2) is 5.37 Å². The van der Waals surface area contributed by atoms with Gasteiger partial charge in [-0.15, -0.1) is 11.8 Å². The summed E-state index contributed by atoms with van der Waals surface area (Å²) in [6.07, 6.45) is 4.02. The van der Waals surface area contributed by atoms with Crippen LogP contribution in [0.2, 0.25) is 0 Å². The molecule has 1 saturated heterocycles. The zero-order valence-corrected chi connectivity index (χ0v) is 61.9. The van der Waals surface area contributed by atoms with Gasteiger partial charge >= 0.3 is 0 Å². The summed E-state index contributed by atoms with van der Waals surface area (Å²) < 4.78 is 0. The topological polar surface area (TPSA) is 285 Å². The van der Waals surface area contributed by atoms with E-state index in [2.05, 4.69) is 21.3 Å². The van der Waals surface area contributed by atoms with E-state index >= 15 is 24.0 Å². The van der Waals surface area contributed by atoms with Crippen LogP contribution in [-0.2, 0) is 47.9 Å². The Kier molecular flexibility index (Phi) is 35.4. The van der Waals surface area contributed by atoms with Crippen molar-refractivity contribution < 1.29 is 58.2 Å². The van der Waals surface area contributed by atoms with Crippen molar-refractivity contribution in [3.63, 3.8) is 0 Å². The fourth-order valence-electron chi connectivity index (χ4n) is 11.5. The number of aliphatic hydroxyl groups excluding tert-OH is 1. The Bertz CT molecular complexity index is 2460. The highest BCUT2D eigenvalue weighted by molar-refractivity contribution is 8.00. The van der Waals surface area contributed by atoms with Crippen molar-refractivity contribution in [3.05, 3.63) is 12.2 Å². The molecule has 1 aliphatic heterocycles. The van der Waals surface area contributed by atoms with E-state index in [1.165, 1.54) is 109 Å². The molecular formula is C67H124N12O12S. The van der Waals surface area contributed by atoms with Crippen LogP contribution < -0.4 is 21.3 Å². The molecule has 9 amide bonds. The Labute approximate surface area is 557 Å². The molecule has 1 aliphatic rings. The molecule has 25 heteroatoms. The zero-order chi connectivity index (χ0) is 71.4. The van der Waals surface area contributed by atoms with Crippen LogP contribution in [0.15, 0.2) is 12.2 Å². The summed E-state index contributed by atoms with van der Waals surface area (Å²) in [5.74, 6) is -6.87. The van der Waals surface area contributed by atoms with E-state index in [4.69, 9.17) is 0 Å². The molecule has 0 aromatic heterocycles. The monoisotopic (exact) mass is 1320 g/mol. The molecule has 13 atom stereocenters. The van der Waals surface area contributed by atoms with Gasteiger partial charge in [-0.3, -0.25) is 43.2 Å². The number of thioether (sulfide) groups is 1. The number of rotatable bonds is 20. The van der Waals surface area contributed by atoms with E-state index in [1.54, 1.807) is 48.6 Å². The van der Waals surface area contributed by atoms with Gasteiger partial charge in [0.1, 0.15) is 48.1 Å². The van der Waals surface area contributed by atoms with Gasteiger partial charge in [0.25, 0.3) is 5.91 Å². The van der Waals surface area contributed by atoms with Crippen LogP contribution in [-0.4, -0.2) is 275 Å². The largest absolute Gasteiger partial charge is 0.391 e. The molecule has 0 radical (unpaired) electrons. The third-order valence-corrected chi connectivity index (χ3v) is 18.7. The van der Waals surface area contributed by atoms with Crippen LogP contribution >= 0.6 is 11.8 Å². The third kappa shape index (κ3) is 24.8. The lowest BCUT2D eigenvalue weighted by Gasteiger charge is -2.42. The van der Waals surface area contributed by atoms with Crippen molar-refractivity contribution in [2.24, 2.45) is 35.5 Å². The molecule has 1 heterocycles. The summed E-state index contributed by atoms with van der Waals surface area (Å²) in [6.45, 7) is 30.1. The van der Waals surface area contributed by atoms with Crippen molar-refractivity contribution in [1.29, 1.82) is 0 Å². The number of carbonyl (C=O) groups is 10. The van der Waals surface area contributed by atoms with Crippen LogP contribution in [0.5, 0.6) is 0 Å². The highest BCUT2D eigenvalue weighted by Gasteiger charge is 2.46. The second kappa shape index (κ2) is 38.4. The van der Waals surface area contributed by atoms with Gasteiger partial charge in [0.05, 0.1) is 29.8 Å². The number of hydrogen-bond donors (Lipinski definition) is 6. The molecule has 92 heavy (non-hydrogen) atoms. The molecule has 1 fully saturated rings. The molecule has 24 nitrogen and oxygen atoms in total. The van der Waals surface area contributed by atoms with Crippen LogP contribution in [0.1, 0.15) is 156 Å². The van der Waals surface area contributed by atoms with Crippen molar-refractivity contribution in [1.82, 2.24) is 60.5 Å². The first-order valence-electron chi connectivity index (χ1n) is 33.1. The van der Waals surface area contributed by atoms with Gasteiger partial charge in [-0.05, 0) is 116 Å². The molecule has 0 aliphatic carbocycles. The fourth-order valence-corrected chi connectivity index (χ4v) is 12.8. The average molecular weight is 1320 g/mol. The summed E-state index contributed by atoms with van der Waals surface area (Å²) in [4.78, 5) is 159. The number of carbonyl (C=O) groups excluding carboxylic acids is 10. The van der Waals surface area contributed by atoms with Crippen LogP contribution in [0.25, 0.3) is 0 Å². The van der Waals surface area contributed by atoms with E-state index in [-0.39, 0.29) is 62.9 Å². The highest BCUT2D eigenvalue weighted by Crippen LogP contribution is 2.27. The van der Waals surface area contributed by atoms with Gasteiger partial charge in [-0.25, -0.2) is 0 Å². The van der Waals surface area contributed by atoms with Crippen molar-refractivity contribution >= 4 is 71.2 Å². The maximum atomic E-state index is 15.3. The second-order valence-electron chi connectivity index (χ2n) is 28.9. The first kappa shape index (κ1) is 84.8. The van der Waals surface area contributed by atoms with Crippen LogP contribution in [0.4, 0.5) is 0 Å². The summed E-state index contributed by atoms with van der Waals surface area (Å²) in [5.41, 5.74) is -3.20. The standard InChI is InChI=1S/C67H124N12O12S/c1-27-29-30-45(13)55(81)52-37-68-47(28-2)59(85)79(26)65(92-32-31-72(18)19)64(90)76(23)51(36-66(15,16)91)56(82)70-53(43(9)10)62(88)73(20)48(33-40(3)4)57(83)71-67(17,39-80)38-69-46(14)58(84)74(21)49(34-41(5)6)60(86)75(22)50(35-42(7)8)61(87)78(25)54(44(11)12)63(89)77(52)24/h27,29,39-55,65,68-69,81,91H,28,30-38H2,1-26H3,(H,70,82)(H,71,83). The Hall–Kier alpha value is -5.21. The number of nitrogens with one attached hydrogen (secondary N) is 4. The predicted molar refractivity (Wildman–Crippen MR) is 365 cm³/mol. The molecule has 0 spiro atoms. The predicted octanol–water partition coefficient (Wildman–Crippen LogP) is 3.52. The van der Waals surface area contributed by atoms with E-state index in [0.29, 0.717) is 25.0 Å². The number of hydrogen-bond acceptors (Lipinski definition) is 16. The van der Waals surface area contributed by atoms with Gasteiger partial charge in [0, 0.05) is 81.1 Å². The first-order valence-corrected chi connectivity index (χ1v) is 34.1. The molecule has 1 rings (SSSR count). The van der Waals surface area contributed by atoms with Crippen molar-refractivity contribution in [2.45, 2.75) is 233 Å². The normalized spacial score (nSPS) is 27.7. The minimum atomic E-state index is -1.65. The minimum Gasteiger partial charge on any atom is -0.391 e. The summed E-state index contributed by atoms with van der Waals surface area (Å²) in [5, 5.41) is 34.6. The molecule has 0 bridgehead atoms. The van der Waals surface area contributed by atoms with Gasteiger partial charge in [0.2, 0.25) is 47.3 Å². The molecule has 6 N–H and O–H groups in total. The van der Waals surface area contributed by atoms with Crippen LogP contribution in [0.3, 0.4) is 0 Å². The third-order valence-electron chi connectivity index (χ3n) is 17.5. The van der Waals surface area contributed by atoms with Gasteiger partial charge < -0.3 is 75.5 Å². The molecular weight excluding hydrogens is 1200 g/mol. The van der Waals surface area contributed by atoms with Crippen LogP contribution in [0, 0.1) is 35.5 Å². The number of aliphatic hydroxyl groups is 2. The summed E-state index contributed by atoms with van der Waals surface area (Å²) in [6, 6.07) is -10.1. The number of amides is 9. The Morgan fingerprint density at radius 2 is 1.13 bits per heavy atom. The lowest BCUT2D eigenvalue weighted by molar-refractivity contribution is -0.156. The lowest BCUT2D eigenvalue weighted by Crippen LogP contribution is -2.63. The highest BCUT2D eigenvalue weighted by atomic mass is 32.2. The number of likely N-dealkylation sites (N-methyl/N-ethyl adjacent to an activating group) is 7. The molecule has 0 saturated carbocycles. The SMILES string of the molecule is CC=CCC(C)C(O)C1CNC(CC)C(=O)N(C)C(SCCN(C)C)C(=O)N(C)C(CC(C)(C)O)C(=O)NC(C(C)C)C(=O)N(C)C(CC(C)C)C(=O)NC(C)(C=O)CNC(C)C(=O)N(C)C(CC(C)C)C(=O)N(C)C(CC(C)C)C(=O)N(C)C(C(C)C)C(=O)N1C. The van der Waals surface area contributed by atoms with E-state index in [9.17, 15) is 34.2 Å². The number of allylic oxidation sites excluding steroid dienone is 2. The number of aldehydes is 1. The maximum Gasteiger partial charge on any atom is 0.256 e. The molecule has 0 aromatic rings. The first-order chi connectivity index (χ1) is 42.4. The molecule has 530 valence electrons. The van der Waals surface area contributed by atoms with E-state index < -0.39 is 148 Å². The summed E-state index contributed by atoms with van der Waals surface area (Å²) in [7, 11) is 14.2. The zero-order valence-electron chi connectivity index (χ0n) is 61.1. The Morgan fingerprint density at radius 1 is 0.641 bits per heavy atom. The Morgan fingerprint density at radius 3 is 1.59 bits per heavy atom. The Balaban J connectivity index is 4.53. The van der Waals surface area contributed by atoms with Crippen molar-refractivity contribution in [3.8, 4) is 0 Å². The second-order valence-corrected chi connectivity index (χ2v) is 30.1. The van der Waals surface area contributed by atoms with E-state index in [1.807, 2.05) is 86.5 Å². The van der Waals surface area contributed by atoms with Gasteiger partial charge in [-0.1, -0.05) is 95.2 Å². The average Bonchev–Trinajstić information content (AvgIpc) is 0.830. The lowest BCUT2D eigenvalue weighted by atomic mass is 9.91. The minimum absolute atomic E-state index is 0.109. The van der Waals surface area contributed by atoms with Crippen molar-refractivity contribution in [2.75, 3.05) is 88.8 Å². The number of nitrogens with zero attached hydrogens (tertiary/aromatic N) is 8. The summed E-state index contributed by atoms with van der Waals surface area (Å²) >= 11 is 1.18. The smallest absolute Gasteiger partial charge is 0.256 e.